The number of anilines is 1. The number of hydrogen-bond donors (Lipinski definition) is 3. The Hall–Kier alpha value is -3.53. The van der Waals surface area contributed by atoms with Gasteiger partial charge in [0.1, 0.15) is 11.4 Å². The Balaban J connectivity index is 1.85. The predicted octanol–water partition coefficient (Wildman–Crippen LogP) is 0.857. The highest BCUT2D eigenvalue weighted by Crippen LogP contribution is 2.21. The molecule has 3 amide bonds. The summed E-state index contributed by atoms with van der Waals surface area (Å²) in [6.07, 6.45) is 2.11. The standard InChI is InChI=1S/C18H17N5O4S/c1-2-12-6-13-17(28-12)21-8-23(18(13)27)7-14(24)22-11-4-9(15(19)25)3-10(5-11)16(20)26/h3-6,8H,2,7H2,1H3,(H2,19,25)(H2,20,26)(H,22,24). The minimum absolute atomic E-state index is 0.0252. The SMILES string of the molecule is CCc1cc2c(=O)n(CC(=O)Nc3cc(C(N)=O)cc(C(N)=O)c3)cnc2s1. The van der Waals surface area contributed by atoms with Crippen molar-refractivity contribution in [2.45, 2.75) is 19.9 Å². The summed E-state index contributed by atoms with van der Waals surface area (Å²) in [4.78, 5) is 53.6. The fraction of sp³-hybridized carbons (Fsp3) is 0.167. The van der Waals surface area contributed by atoms with Gasteiger partial charge in [0, 0.05) is 21.7 Å². The maximum Gasteiger partial charge on any atom is 0.262 e. The van der Waals surface area contributed by atoms with Gasteiger partial charge in [-0.15, -0.1) is 11.3 Å². The molecule has 10 heteroatoms. The molecule has 0 aliphatic carbocycles. The largest absolute Gasteiger partial charge is 0.366 e. The molecule has 0 unspecified atom stereocenters. The zero-order valence-electron chi connectivity index (χ0n) is 14.9. The van der Waals surface area contributed by atoms with E-state index in [4.69, 9.17) is 11.5 Å². The smallest absolute Gasteiger partial charge is 0.262 e. The first kappa shape index (κ1) is 19.2. The van der Waals surface area contributed by atoms with Crippen LogP contribution in [0.4, 0.5) is 5.69 Å². The van der Waals surface area contributed by atoms with Crippen LogP contribution in [-0.2, 0) is 17.8 Å². The van der Waals surface area contributed by atoms with E-state index >= 15 is 0 Å². The Kier molecular flexibility index (Phi) is 5.23. The minimum atomic E-state index is -0.770. The molecule has 5 N–H and O–H groups in total. The van der Waals surface area contributed by atoms with Crippen LogP contribution in [0.3, 0.4) is 0 Å². The van der Waals surface area contributed by atoms with Gasteiger partial charge in [0.25, 0.3) is 5.56 Å². The van der Waals surface area contributed by atoms with Gasteiger partial charge in [0.15, 0.2) is 0 Å². The number of benzene rings is 1. The van der Waals surface area contributed by atoms with Gasteiger partial charge >= 0.3 is 0 Å². The zero-order chi connectivity index (χ0) is 20.4. The van der Waals surface area contributed by atoms with E-state index in [1.807, 2.05) is 6.92 Å². The molecule has 0 saturated heterocycles. The molecule has 3 rings (SSSR count). The average Bonchev–Trinajstić information content (AvgIpc) is 3.08. The van der Waals surface area contributed by atoms with E-state index in [1.165, 1.54) is 40.4 Å². The van der Waals surface area contributed by atoms with Gasteiger partial charge in [-0.05, 0) is 30.7 Å². The van der Waals surface area contributed by atoms with Gasteiger partial charge in [-0.2, -0.15) is 0 Å². The summed E-state index contributed by atoms with van der Waals surface area (Å²) in [6, 6.07) is 5.66. The van der Waals surface area contributed by atoms with Crippen molar-refractivity contribution < 1.29 is 14.4 Å². The number of aromatic nitrogens is 2. The maximum atomic E-state index is 12.6. The molecular formula is C18H17N5O4S. The van der Waals surface area contributed by atoms with Crippen LogP contribution in [0.15, 0.2) is 35.4 Å². The Labute approximate surface area is 163 Å². The van der Waals surface area contributed by atoms with E-state index in [0.29, 0.717) is 10.2 Å². The lowest BCUT2D eigenvalue weighted by atomic mass is 10.1. The molecule has 0 aliphatic heterocycles. The monoisotopic (exact) mass is 399 g/mol. The summed E-state index contributed by atoms with van der Waals surface area (Å²) >= 11 is 1.44. The highest BCUT2D eigenvalue weighted by atomic mass is 32.1. The topological polar surface area (TPSA) is 150 Å². The van der Waals surface area contributed by atoms with Crippen molar-refractivity contribution >= 4 is 45.0 Å². The van der Waals surface area contributed by atoms with Crippen molar-refractivity contribution in [3.63, 3.8) is 0 Å². The molecule has 1 aromatic carbocycles. The van der Waals surface area contributed by atoms with Crippen molar-refractivity contribution in [3.05, 3.63) is 57.0 Å². The van der Waals surface area contributed by atoms with Gasteiger partial charge in [-0.3, -0.25) is 23.7 Å². The second-order valence-electron chi connectivity index (χ2n) is 6.04. The highest BCUT2D eigenvalue weighted by Gasteiger charge is 2.13. The number of aryl methyl sites for hydroxylation is 1. The van der Waals surface area contributed by atoms with E-state index in [2.05, 4.69) is 10.3 Å². The summed E-state index contributed by atoms with van der Waals surface area (Å²) in [5, 5.41) is 3.00. The van der Waals surface area contributed by atoms with Crippen molar-refractivity contribution in [1.29, 1.82) is 0 Å². The quantitative estimate of drug-likeness (QED) is 0.562. The number of primary amides is 2. The number of rotatable bonds is 6. The number of fused-ring (bicyclic) bond motifs is 1. The maximum absolute atomic E-state index is 12.6. The van der Waals surface area contributed by atoms with Crippen LogP contribution in [0.2, 0.25) is 0 Å². The van der Waals surface area contributed by atoms with E-state index < -0.39 is 17.7 Å². The average molecular weight is 399 g/mol. The van der Waals surface area contributed by atoms with Gasteiger partial charge in [0.2, 0.25) is 17.7 Å². The lowest BCUT2D eigenvalue weighted by molar-refractivity contribution is -0.116. The van der Waals surface area contributed by atoms with Gasteiger partial charge in [-0.25, -0.2) is 4.98 Å². The molecule has 0 atom stereocenters. The molecule has 0 fully saturated rings. The highest BCUT2D eigenvalue weighted by molar-refractivity contribution is 7.18. The van der Waals surface area contributed by atoms with Crippen LogP contribution in [0.1, 0.15) is 32.5 Å². The third-order valence-corrected chi connectivity index (χ3v) is 5.20. The third kappa shape index (κ3) is 3.91. The molecule has 2 heterocycles. The van der Waals surface area contributed by atoms with Gasteiger partial charge < -0.3 is 16.8 Å². The second-order valence-corrected chi connectivity index (χ2v) is 7.15. The second kappa shape index (κ2) is 7.61. The predicted molar refractivity (Wildman–Crippen MR) is 105 cm³/mol. The molecule has 0 bridgehead atoms. The van der Waals surface area contributed by atoms with Crippen LogP contribution in [0, 0.1) is 0 Å². The molecule has 0 radical (unpaired) electrons. The number of carbonyl (C=O) groups is 3. The molecule has 3 aromatic rings. The summed E-state index contributed by atoms with van der Waals surface area (Å²) in [7, 11) is 0. The fourth-order valence-electron chi connectivity index (χ4n) is 2.64. The first-order valence-corrected chi connectivity index (χ1v) is 9.12. The van der Waals surface area contributed by atoms with E-state index in [0.717, 1.165) is 11.3 Å². The molecule has 0 saturated carbocycles. The molecular weight excluding hydrogens is 382 g/mol. The number of thiophene rings is 1. The van der Waals surface area contributed by atoms with Crippen molar-refractivity contribution in [1.82, 2.24) is 9.55 Å². The van der Waals surface area contributed by atoms with Crippen LogP contribution < -0.4 is 22.3 Å². The summed E-state index contributed by atoms with van der Waals surface area (Å²) in [5.41, 5.74) is 10.4. The number of hydrogen-bond acceptors (Lipinski definition) is 6. The third-order valence-electron chi connectivity index (χ3n) is 4.02. The summed E-state index contributed by atoms with van der Waals surface area (Å²) < 4.78 is 1.19. The van der Waals surface area contributed by atoms with Crippen LogP contribution in [0.25, 0.3) is 10.2 Å². The van der Waals surface area contributed by atoms with E-state index in [9.17, 15) is 19.2 Å². The van der Waals surface area contributed by atoms with E-state index in [1.54, 1.807) is 6.07 Å². The molecule has 144 valence electrons. The lowest BCUT2D eigenvalue weighted by Crippen LogP contribution is -2.28. The molecule has 28 heavy (non-hydrogen) atoms. The van der Waals surface area contributed by atoms with Crippen LogP contribution in [-0.4, -0.2) is 27.3 Å². The molecule has 0 spiro atoms. The first-order chi connectivity index (χ1) is 13.3. The number of carbonyl (C=O) groups excluding carboxylic acids is 3. The molecule has 0 aliphatic rings. The Morgan fingerprint density at radius 1 is 1.11 bits per heavy atom. The number of nitrogens with two attached hydrogens (primary N) is 2. The summed E-state index contributed by atoms with van der Waals surface area (Å²) in [6.45, 7) is 1.70. The zero-order valence-corrected chi connectivity index (χ0v) is 15.7. The fourth-order valence-corrected chi connectivity index (χ4v) is 3.56. The van der Waals surface area contributed by atoms with Crippen molar-refractivity contribution in [3.8, 4) is 0 Å². The van der Waals surface area contributed by atoms with Gasteiger partial charge in [-0.1, -0.05) is 6.92 Å². The Morgan fingerprint density at radius 3 is 2.32 bits per heavy atom. The van der Waals surface area contributed by atoms with Crippen LogP contribution >= 0.6 is 11.3 Å². The first-order valence-electron chi connectivity index (χ1n) is 8.31. The number of nitrogens with zero attached hydrogens (tertiary/aromatic N) is 2. The summed E-state index contributed by atoms with van der Waals surface area (Å²) in [5.74, 6) is -2.08. The van der Waals surface area contributed by atoms with E-state index in [-0.39, 0.29) is 28.9 Å². The van der Waals surface area contributed by atoms with Crippen LogP contribution in [0.5, 0.6) is 0 Å². The normalized spacial score (nSPS) is 10.8. The Bertz CT molecular complexity index is 1130. The minimum Gasteiger partial charge on any atom is -0.366 e. The number of amides is 3. The molecule has 2 aromatic heterocycles. The molecule has 9 nitrogen and oxygen atoms in total. The Morgan fingerprint density at radius 2 is 1.75 bits per heavy atom. The van der Waals surface area contributed by atoms with Crippen molar-refractivity contribution in [2.24, 2.45) is 11.5 Å². The lowest BCUT2D eigenvalue weighted by Gasteiger charge is -2.09. The van der Waals surface area contributed by atoms with Gasteiger partial charge in [0.05, 0.1) is 11.7 Å². The van der Waals surface area contributed by atoms with Crippen molar-refractivity contribution in [2.75, 3.05) is 5.32 Å². The number of nitrogens with one attached hydrogen (secondary N) is 1.